The number of alkyl halides is 3. The van der Waals surface area contributed by atoms with Crippen LogP contribution in [0.25, 0.3) is 0 Å². The summed E-state index contributed by atoms with van der Waals surface area (Å²) < 4.78 is 52.9. The molecule has 102 valence electrons. The second-order valence-corrected chi connectivity index (χ2v) is 3.83. The molecule has 8 heteroatoms. The van der Waals surface area contributed by atoms with Crippen LogP contribution in [0, 0.1) is 5.82 Å². The first kappa shape index (κ1) is 13.3. The van der Waals surface area contributed by atoms with E-state index in [1.165, 1.54) is 23.1 Å². The number of benzene rings is 1. The largest absolute Gasteiger partial charge is 0.419 e. The number of aryl methyl sites for hydroxylation is 1. The highest BCUT2D eigenvalue weighted by molar-refractivity contribution is 5.35. The second-order valence-electron chi connectivity index (χ2n) is 3.83. The molecule has 0 aliphatic carbocycles. The Bertz CT molecular complexity index is 576. The summed E-state index contributed by atoms with van der Waals surface area (Å²) in [6.07, 6.45) is -3.47. The van der Waals surface area contributed by atoms with Crippen molar-refractivity contribution in [3.05, 3.63) is 41.5 Å². The van der Waals surface area contributed by atoms with E-state index in [9.17, 15) is 17.6 Å². The first-order chi connectivity index (χ1) is 8.89. The zero-order chi connectivity index (χ0) is 14.0. The van der Waals surface area contributed by atoms with E-state index in [4.69, 9.17) is 0 Å². The number of anilines is 1. The SMILES string of the molecule is Cn1ncnc1NCc1cccc(F)c1C(F)(F)F. The second kappa shape index (κ2) is 4.87. The maximum atomic E-state index is 13.3. The van der Waals surface area contributed by atoms with E-state index >= 15 is 0 Å². The third kappa shape index (κ3) is 2.83. The van der Waals surface area contributed by atoms with Gasteiger partial charge in [-0.3, -0.25) is 0 Å². The molecule has 2 aromatic rings. The summed E-state index contributed by atoms with van der Waals surface area (Å²) in [5.41, 5.74) is -1.44. The molecule has 4 nitrogen and oxygen atoms in total. The minimum absolute atomic E-state index is 0.185. The molecule has 0 aliphatic rings. The summed E-state index contributed by atoms with van der Waals surface area (Å²) >= 11 is 0. The van der Waals surface area contributed by atoms with Crippen LogP contribution in [0.2, 0.25) is 0 Å². The predicted molar refractivity (Wildman–Crippen MR) is 59.7 cm³/mol. The van der Waals surface area contributed by atoms with Crippen LogP contribution in [0.1, 0.15) is 11.1 Å². The first-order valence-corrected chi connectivity index (χ1v) is 5.32. The normalized spacial score (nSPS) is 11.6. The van der Waals surface area contributed by atoms with Gasteiger partial charge in [-0.15, -0.1) is 0 Å². The lowest BCUT2D eigenvalue weighted by atomic mass is 10.1. The third-order valence-electron chi connectivity index (χ3n) is 2.53. The maximum absolute atomic E-state index is 13.3. The summed E-state index contributed by atoms with van der Waals surface area (Å²) in [6.45, 7) is -0.195. The van der Waals surface area contributed by atoms with E-state index in [1.807, 2.05) is 0 Å². The molecule has 1 aromatic carbocycles. The van der Waals surface area contributed by atoms with Gasteiger partial charge in [-0.05, 0) is 11.6 Å². The zero-order valence-corrected chi connectivity index (χ0v) is 9.87. The van der Waals surface area contributed by atoms with Crippen molar-refractivity contribution in [2.75, 3.05) is 5.32 Å². The fourth-order valence-electron chi connectivity index (χ4n) is 1.66. The van der Waals surface area contributed by atoms with Gasteiger partial charge < -0.3 is 5.32 Å². The van der Waals surface area contributed by atoms with Crippen molar-refractivity contribution in [2.24, 2.45) is 7.05 Å². The van der Waals surface area contributed by atoms with Crippen molar-refractivity contribution in [2.45, 2.75) is 12.7 Å². The van der Waals surface area contributed by atoms with Gasteiger partial charge in [-0.2, -0.15) is 23.3 Å². The Balaban J connectivity index is 2.26. The van der Waals surface area contributed by atoms with E-state index in [-0.39, 0.29) is 12.1 Å². The average Bonchev–Trinajstić information content (AvgIpc) is 2.70. The van der Waals surface area contributed by atoms with Gasteiger partial charge in [-0.1, -0.05) is 12.1 Å². The lowest BCUT2D eigenvalue weighted by molar-refractivity contribution is -0.140. The van der Waals surface area contributed by atoms with Crippen LogP contribution >= 0.6 is 0 Å². The Morgan fingerprint density at radius 1 is 1.32 bits per heavy atom. The molecule has 0 atom stereocenters. The molecule has 1 N–H and O–H groups in total. The molecule has 1 heterocycles. The topological polar surface area (TPSA) is 42.7 Å². The van der Waals surface area contributed by atoms with Gasteiger partial charge in [-0.25, -0.2) is 9.07 Å². The summed E-state index contributed by atoms with van der Waals surface area (Å²) in [4.78, 5) is 3.81. The minimum atomic E-state index is -4.73. The van der Waals surface area contributed by atoms with Gasteiger partial charge in [0.2, 0.25) is 5.95 Å². The average molecular weight is 274 g/mol. The monoisotopic (exact) mass is 274 g/mol. The Hall–Kier alpha value is -2.12. The number of halogens is 4. The number of nitrogens with one attached hydrogen (secondary N) is 1. The molecule has 0 amide bonds. The van der Waals surface area contributed by atoms with Crippen molar-refractivity contribution in [3.8, 4) is 0 Å². The molecule has 0 saturated heterocycles. The maximum Gasteiger partial charge on any atom is 0.419 e. The van der Waals surface area contributed by atoms with Gasteiger partial charge in [0, 0.05) is 13.6 Å². The minimum Gasteiger partial charge on any atom is -0.350 e. The molecule has 0 spiro atoms. The van der Waals surface area contributed by atoms with Crippen LogP contribution in [0.3, 0.4) is 0 Å². The highest BCUT2D eigenvalue weighted by Crippen LogP contribution is 2.34. The van der Waals surface area contributed by atoms with Crippen molar-refractivity contribution < 1.29 is 17.6 Å². The van der Waals surface area contributed by atoms with E-state index in [0.29, 0.717) is 5.95 Å². The molecule has 0 unspecified atom stereocenters. The Kier molecular flexibility index (Phi) is 3.41. The molecular formula is C11H10F4N4. The van der Waals surface area contributed by atoms with E-state index in [1.54, 1.807) is 7.05 Å². The molecule has 19 heavy (non-hydrogen) atoms. The Morgan fingerprint density at radius 2 is 2.05 bits per heavy atom. The summed E-state index contributed by atoms with van der Waals surface area (Å²) in [5, 5.41) is 6.44. The number of hydrogen-bond donors (Lipinski definition) is 1. The summed E-state index contributed by atoms with van der Waals surface area (Å²) in [5.74, 6) is -0.984. The van der Waals surface area contributed by atoms with E-state index in [2.05, 4.69) is 15.4 Å². The van der Waals surface area contributed by atoms with E-state index < -0.39 is 17.6 Å². The fourth-order valence-corrected chi connectivity index (χ4v) is 1.66. The van der Waals surface area contributed by atoms with Crippen LogP contribution in [0.15, 0.2) is 24.5 Å². The molecular weight excluding hydrogens is 264 g/mol. The van der Waals surface area contributed by atoms with Crippen molar-refractivity contribution in [1.82, 2.24) is 14.8 Å². The quantitative estimate of drug-likeness (QED) is 0.875. The van der Waals surface area contributed by atoms with Crippen molar-refractivity contribution in [1.29, 1.82) is 0 Å². The Labute approximate surface area is 106 Å². The number of nitrogens with zero attached hydrogens (tertiary/aromatic N) is 3. The third-order valence-corrected chi connectivity index (χ3v) is 2.53. The fraction of sp³-hybridized carbons (Fsp3) is 0.273. The van der Waals surface area contributed by atoms with Gasteiger partial charge in [0.05, 0.1) is 5.56 Å². The predicted octanol–water partition coefficient (Wildman–Crippen LogP) is 2.59. The van der Waals surface area contributed by atoms with Crippen LogP contribution in [-0.4, -0.2) is 14.8 Å². The van der Waals surface area contributed by atoms with E-state index in [0.717, 1.165) is 6.07 Å². The molecule has 2 rings (SSSR count). The van der Waals surface area contributed by atoms with Crippen LogP contribution in [-0.2, 0) is 19.8 Å². The van der Waals surface area contributed by atoms with Gasteiger partial charge in [0.25, 0.3) is 0 Å². The van der Waals surface area contributed by atoms with Crippen LogP contribution in [0.5, 0.6) is 0 Å². The molecule has 0 radical (unpaired) electrons. The molecule has 0 saturated carbocycles. The van der Waals surface area contributed by atoms with Gasteiger partial charge >= 0.3 is 6.18 Å². The summed E-state index contributed by atoms with van der Waals surface area (Å²) in [6, 6.07) is 3.24. The number of hydrogen-bond acceptors (Lipinski definition) is 3. The highest BCUT2D eigenvalue weighted by atomic mass is 19.4. The van der Waals surface area contributed by atoms with Gasteiger partial charge in [0.1, 0.15) is 12.1 Å². The number of rotatable bonds is 3. The molecule has 0 bridgehead atoms. The standard InChI is InChI=1S/C11H10F4N4/c1-19-10(17-6-18-19)16-5-7-3-2-4-8(12)9(7)11(13,14)15/h2-4,6H,5H2,1H3,(H,16,17,18). The van der Waals surface area contributed by atoms with Crippen molar-refractivity contribution in [3.63, 3.8) is 0 Å². The van der Waals surface area contributed by atoms with Gasteiger partial charge in [0.15, 0.2) is 0 Å². The highest BCUT2D eigenvalue weighted by Gasteiger charge is 2.36. The molecule has 1 aromatic heterocycles. The lowest BCUT2D eigenvalue weighted by Crippen LogP contribution is -2.15. The molecule has 0 aliphatic heterocycles. The zero-order valence-electron chi connectivity index (χ0n) is 9.87. The van der Waals surface area contributed by atoms with Crippen molar-refractivity contribution >= 4 is 5.95 Å². The molecule has 0 fully saturated rings. The smallest absolute Gasteiger partial charge is 0.350 e. The Morgan fingerprint density at radius 3 is 2.63 bits per heavy atom. The summed E-state index contributed by atoms with van der Waals surface area (Å²) in [7, 11) is 1.59. The van der Waals surface area contributed by atoms with Crippen LogP contribution < -0.4 is 5.32 Å². The number of aromatic nitrogens is 3. The lowest BCUT2D eigenvalue weighted by Gasteiger charge is -2.14. The van der Waals surface area contributed by atoms with Crippen LogP contribution in [0.4, 0.5) is 23.5 Å². The first-order valence-electron chi connectivity index (χ1n) is 5.32.